The molecule has 0 saturated heterocycles. The highest BCUT2D eigenvalue weighted by Crippen LogP contribution is 2.59. The van der Waals surface area contributed by atoms with E-state index in [0.717, 1.165) is 11.1 Å². The summed E-state index contributed by atoms with van der Waals surface area (Å²) in [4.78, 5) is 24.6. The number of hydrogen-bond acceptors (Lipinski definition) is 4. The Kier molecular flexibility index (Phi) is 3.84. The highest BCUT2D eigenvalue weighted by Gasteiger charge is 2.64. The van der Waals surface area contributed by atoms with Gasteiger partial charge < -0.3 is 9.47 Å². The Morgan fingerprint density at radius 3 is 1.78 bits per heavy atom. The Hall–Kier alpha value is -2.36. The molecule has 0 N–H and O–H groups in total. The van der Waals surface area contributed by atoms with E-state index in [1.54, 1.807) is 19.9 Å². The van der Waals surface area contributed by atoms with Crippen LogP contribution >= 0.6 is 0 Å². The van der Waals surface area contributed by atoms with Crippen molar-refractivity contribution >= 4 is 11.9 Å². The molecule has 0 aromatic rings. The first-order valence-electron chi connectivity index (χ1n) is 7.78. The predicted octanol–water partition coefficient (Wildman–Crippen LogP) is 3.44. The van der Waals surface area contributed by atoms with Crippen LogP contribution in [-0.2, 0) is 19.1 Å². The second kappa shape index (κ2) is 5.69. The van der Waals surface area contributed by atoms with Crippen LogP contribution in [0.15, 0.2) is 59.6 Å². The molecule has 1 saturated carbocycles. The SMILES string of the molecule is C=C/C=C\C1=C(C)OC(=O)C2C3C(=O)OC(C)=C(/C=C\C)C3C12. The summed E-state index contributed by atoms with van der Waals surface area (Å²) in [6.45, 7) is 9.20. The molecule has 2 heterocycles. The minimum absolute atomic E-state index is 0.0373. The minimum atomic E-state index is -0.464. The number of hydrogen-bond donors (Lipinski definition) is 0. The highest BCUT2D eigenvalue weighted by molar-refractivity contribution is 5.89. The maximum absolute atomic E-state index is 12.3. The first kappa shape index (κ1) is 15.5. The summed E-state index contributed by atoms with van der Waals surface area (Å²) in [6.07, 6.45) is 9.34. The lowest BCUT2D eigenvalue weighted by Crippen LogP contribution is -2.59. The van der Waals surface area contributed by atoms with Crippen molar-refractivity contribution in [2.75, 3.05) is 0 Å². The van der Waals surface area contributed by atoms with Gasteiger partial charge in [-0.2, -0.15) is 0 Å². The van der Waals surface area contributed by atoms with Crippen molar-refractivity contribution in [2.24, 2.45) is 23.7 Å². The maximum atomic E-state index is 12.3. The zero-order chi connectivity index (χ0) is 16.7. The van der Waals surface area contributed by atoms with Gasteiger partial charge in [0.1, 0.15) is 11.5 Å². The molecule has 1 aliphatic carbocycles. The Bertz CT molecular complexity index is 705. The van der Waals surface area contributed by atoms with Crippen LogP contribution in [0.3, 0.4) is 0 Å². The molecule has 4 atom stereocenters. The lowest BCUT2D eigenvalue weighted by Gasteiger charge is -2.54. The first-order chi connectivity index (χ1) is 11.0. The van der Waals surface area contributed by atoms with Gasteiger partial charge in [-0.25, -0.2) is 0 Å². The van der Waals surface area contributed by atoms with E-state index in [2.05, 4.69) is 6.58 Å². The van der Waals surface area contributed by atoms with Crippen molar-refractivity contribution in [1.82, 2.24) is 0 Å². The Balaban J connectivity index is 2.11. The minimum Gasteiger partial charge on any atom is -0.431 e. The van der Waals surface area contributed by atoms with E-state index < -0.39 is 11.8 Å². The van der Waals surface area contributed by atoms with Gasteiger partial charge in [0.25, 0.3) is 0 Å². The van der Waals surface area contributed by atoms with Gasteiger partial charge in [0.15, 0.2) is 0 Å². The Labute approximate surface area is 135 Å². The highest BCUT2D eigenvalue weighted by atomic mass is 16.5. The van der Waals surface area contributed by atoms with E-state index in [0.29, 0.717) is 11.5 Å². The summed E-state index contributed by atoms with van der Waals surface area (Å²) in [5.41, 5.74) is 1.95. The summed E-state index contributed by atoms with van der Waals surface area (Å²) in [7, 11) is 0. The largest absolute Gasteiger partial charge is 0.431 e. The van der Waals surface area contributed by atoms with E-state index in [1.165, 1.54) is 0 Å². The van der Waals surface area contributed by atoms with Crippen molar-refractivity contribution in [1.29, 1.82) is 0 Å². The molecule has 0 aromatic carbocycles. The number of carbonyl (C=O) groups is 2. The van der Waals surface area contributed by atoms with Crippen LogP contribution in [0, 0.1) is 23.7 Å². The molecular weight excluding hydrogens is 292 g/mol. The number of fused-ring (bicyclic) bond motifs is 4. The molecule has 4 heteroatoms. The number of cyclic esters (lactones) is 2. The Morgan fingerprint density at radius 2 is 1.35 bits per heavy atom. The van der Waals surface area contributed by atoms with Crippen molar-refractivity contribution < 1.29 is 19.1 Å². The van der Waals surface area contributed by atoms with E-state index in [1.807, 2.05) is 31.2 Å². The van der Waals surface area contributed by atoms with Crippen molar-refractivity contribution in [3.8, 4) is 0 Å². The van der Waals surface area contributed by atoms with Gasteiger partial charge >= 0.3 is 11.9 Å². The van der Waals surface area contributed by atoms with Gasteiger partial charge in [-0.3, -0.25) is 9.59 Å². The molecule has 4 nitrogen and oxygen atoms in total. The third-order valence-corrected chi connectivity index (χ3v) is 4.89. The lowest BCUT2D eigenvalue weighted by molar-refractivity contribution is -0.178. The molecule has 4 unspecified atom stereocenters. The summed E-state index contributed by atoms with van der Waals surface area (Å²) >= 11 is 0. The van der Waals surface area contributed by atoms with Gasteiger partial charge in [0.05, 0.1) is 11.8 Å². The molecule has 23 heavy (non-hydrogen) atoms. The van der Waals surface area contributed by atoms with Crippen molar-refractivity contribution in [3.05, 3.63) is 59.6 Å². The number of allylic oxidation sites excluding steroid dienone is 9. The molecule has 0 amide bonds. The van der Waals surface area contributed by atoms with Gasteiger partial charge in [-0.1, -0.05) is 37.0 Å². The normalized spacial score (nSPS) is 33.3. The number of ether oxygens (including phenoxy) is 2. The van der Waals surface area contributed by atoms with Gasteiger partial charge in [-0.05, 0) is 31.9 Å². The molecule has 0 aromatic heterocycles. The van der Waals surface area contributed by atoms with E-state index >= 15 is 0 Å². The number of carbonyl (C=O) groups excluding carboxylic acids is 2. The van der Waals surface area contributed by atoms with Crippen LogP contribution in [0.1, 0.15) is 20.8 Å². The van der Waals surface area contributed by atoms with E-state index in [4.69, 9.17) is 9.47 Å². The third kappa shape index (κ3) is 2.21. The maximum Gasteiger partial charge on any atom is 0.315 e. The molecule has 1 fully saturated rings. The van der Waals surface area contributed by atoms with Gasteiger partial charge in [0, 0.05) is 11.8 Å². The summed E-state index contributed by atoms with van der Waals surface area (Å²) < 4.78 is 10.7. The van der Waals surface area contributed by atoms with Crippen LogP contribution < -0.4 is 0 Å². The second-order valence-electron chi connectivity index (χ2n) is 6.06. The molecule has 0 radical (unpaired) electrons. The van der Waals surface area contributed by atoms with Gasteiger partial charge in [-0.15, -0.1) is 0 Å². The monoisotopic (exact) mass is 312 g/mol. The molecule has 2 aliphatic heterocycles. The fourth-order valence-corrected chi connectivity index (χ4v) is 3.94. The summed E-state index contributed by atoms with van der Waals surface area (Å²) in [5, 5.41) is 0. The number of rotatable bonds is 3. The molecular formula is C19H20O4. The van der Waals surface area contributed by atoms with Crippen LogP contribution in [0.25, 0.3) is 0 Å². The van der Waals surface area contributed by atoms with Crippen LogP contribution in [0.4, 0.5) is 0 Å². The Morgan fingerprint density at radius 1 is 0.870 bits per heavy atom. The zero-order valence-corrected chi connectivity index (χ0v) is 13.5. The molecule has 120 valence electrons. The summed E-state index contributed by atoms with van der Waals surface area (Å²) in [6, 6.07) is 0. The lowest BCUT2D eigenvalue weighted by atomic mass is 9.50. The van der Waals surface area contributed by atoms with Crippen LogP contribution in [-0.4, -0.2) is 11.9 Å². The average Bonchev–Trinajstić information content (AvgIpc) is 2.46. The molecule has 3 rings (SSSR count). The van der Waals surface area contributed by atoms with Crippen molar-refractivity contribution in [2.45, 2.75) is 20.8 Å². The molecule has 0 spiro atoms. The number of esters is 2. The smallest absolute Gasteiger partial charge is 0.315 e. The van der Waals surface area contributed by atoms with E-state index in [9.17, 15) is 9.59 Å². The first-order valence-corrected chi connectivity index (χ1v) is 7.78. The van der Waals surface area contributed by atoms with Gasteiger partial charge in [0.2, 0.25) is 0 Å². The fourth-order valence-electron chi connectivity index (χ4n) is 3.94. The fraction of sp³-hybridized carbons (Fsp3) is 0.368. The molecule has 0 bridgehead atoms. The zero-order valence-electron chi connectivity index (χ0n) is 13.5. The summed E-state index contributed by atoms with van der Waals surface area (Å²) in [5.74, 6) is -0.445. The van der Waals surface area contributed by atoms with Crippen molar-refractivity contribution in [3.63, 3.8) is 0 Å². The topological polar surface area (TPSA) is 52.6 Å². The predicted molar refractivity (Wildman–Crippen MR) is 85.7 cm³/mol. The van der Waals surface area contributed by atoms with Crippen LogP contribution in [0.5, 0.6) is 0 Å². The standard InChI is InChI=1S/C19H20O4/c1-5-7-9-13-11(4)23-19(21)17-15(13)14-12(8-6-2)10(3)22-18(20)16(14)17/h5-9,14-17H,1H2,2-4H3/b8-6-,9-7-. The average molecular weight is 312 g/mol. The second-order valence-corrected chi connectivity index (χ2v) is 6.06. The molecule has 3 aliphatic rings. The third-order valence-electron chi connectivity index (χ3n) is 4.89. The van der Waals surface area contributed by atoms with E-state index in [-0.39, 0.29) is 23.8 Å². The quantitative estimate of drug-likeness (QED) is 0.591. The van der Waals surface area contributed by atoms with Crippen LogP contribution in [0.2, 0.25) is 0 Å².